The van der Waals surface area contributed by atoms with Crippen LogP contribution < -0.4 is 4.90 Å². The number of nitrogens with zero attached hydrogens (tertiary/aromatic N) is 1. The van der Waals surface area contributed by atoms with Crippen LogP contribution in [0.2, 0.25) is 0 Å². The highest BCUT2D eigenvalue weighted by atomic mass is 15.1. The number of benzene rings is 10. The molecule has 322 valence electrons. The molecule has 10 aromatic carbocycles. The van der Waals surface area contributed by atoms with Crippen molar-refractivity contribution in [2.45, 2.75) is 41.9 Å². The number of hydrogen-bond donors (Lipinski definition) is 0. The van der Waals surface area contributed by atoms with Gasteiger partial charge >= 0.3 is 0 Å². The first-order chi connectivity index (χ1) is 33.7. The molecule has 0 atom stereocenters. The predicted molar refractivity (Wildman–Crippen MR) is 281 cm³/mol. The molecule has 0 radical (unpaired) electrons. The fourth-order valence-electron chi connectivity index (χ4n) is 13.7. The lowest BCUT2D eigenvalue weighted by atomic mass is 9.57. The molecule has 0 heterocycles. The van der Waals surface area contributed by atoms with E-state index in [4.69, 9.17) is 0 Å². The van der Waals surface area contributed by atoms with Crippen LogP contribution in [0.4, 0.5) is 17.1 Å². The Bertz CT molecular complexity index is 3490. The van der Waals surface area contributed by atoms with Crippen LogP contribution >= 0.6 is 0 Å². The zero-order valence-electron chi connectivity index (χ0n) is 37.9. The van der Waals surface area contributed by atoms with Crippen molar-refractivity contribution in [3.8, 4) is 44.5 Å². The summed E-state index contributed by atoms with van der Waals surface area (Å²) in [6.07, 6.45) is 4.37. The van der Waals surface area contributed by atoms with Crippen molar-refractivity contribution in [3.63, 3.8) is 0 Å². The number of anilines is 3. The minimum absolute atomic E-state index is 0.0143. The fourth-order valence-corrected chi connectivity index (χ4v) is 13.7. The Morgan fingerprint density at radius 1 is 0.265 bits per heavy atom. The van der Waals surface area contributed by atoms with Gasteiger partial charge in [0.25, 0.3) is 0 Å². The van der Waals surface area contributed by atoms with E-state index in [1.807, 2.05) is 0 Å². The van der Waals surface area contributed by atoms with Gasteiger partial charge in [-0.1, -0.05) is 218 Å². The second-order valence-electron chi connectivity index (χ2n) is 19.5. The zero-order valence-corrected chi connectivity index (χ0v) is 37.9. The first-order valence-corrected chi connectivity index (χ1v) is 24.4. The van der Waals surface area contributed by atoms with Crippen molar-refractivity contribution >= 4 is 17.1 Å². The minimum Gasteiger partial charge on any atom is -0.310 e. The molecule has 0 aliphatic heterocycles. The Balaban J connectivity index is 0.983. The molecule has 0 N–H and O–H groups in total. The van der Waals surface area contributed by atoms with Gasteiger partial charge < -0.3 is 4.90 Å². The molecule has 2 spiro atoms. The van der Waals surface area contributed by atoms with Gasteiger partial charge in [-0.2, -0.15) is 0 Å². The van der Waals surface area contributed by atoms with E-state index in [1.54, 1.807) is 0 Å². The molecule has 0 amide bonds. The molecule has 0 unspecified atom stereocenters. The van der Waals surface area contributed by atoms with E-state index in [2.05, 4.69) is 254 Å². The van der Waals surface area contributed by atoms with Gasteiger partial charge in [-0.3, -0.25) is 0 Å². The number of fused-ring (bicyclic) bond motifs is 13. The monoisotopic (exact) mass is 867 g/mol. The minimum atomic E-state index is -0.520. The summed E-state index contributed by atoms with van der Waals surface area (Å²) in [6, 6.07) is 93.9. The summed E-state index contributed by atoms with van der Waals surface area (Å²) in [5.41, 5.74) is 24.6. The van der Waals surface area contributed by atoms with E-state index < -0.39 is 5.41 Å². The number of hydrogen-bond acceptors (Lipinski definition) is 1. The Labute approximate surface area is 399 Å². The van der Waals surface area contributed by atoms with Crippen LogP contribution in [0.25, 0.3) is 44.5 Å². The Kier molecular flexibility index (Phi) is 8.65. The molecule has 1 saturated carbocycles. The van der Waals surface area contributed by atoms with Crippen LogP contribution in [-0.4, -0.2) is 0 Å². The van der Waals surface area contributed by atoms with Crippen LogP contribution in [0.1, 0.15) is 70.2 Å². The normalized spacial score (nSPS) is 15.8. The van der Waals surface area contributed by atoms with E-state index in [0.29, 0.717) is 0 Å². The van der Waals surface area contributed by atoms with Gasteiger partial charge in [0, 0.05) is 27.8 Å². The lowest BCUT2D eigenvalue weighted by molar-refractivity contribution is 0.265. The second kappa shape index (κ2) is 15.0. The summed E-state index contributed by atoms with van der Waals surface area (Å²) in [7, 11) is 0. The molecule has 4 aliphatic rings. The lowest BCUT2D eigenvalue weighted by Gasteiger charge is -2.45. The van der Waals surface area contributed by atoms with Gasteiger partial charge in [0.1, 0.15) is 0 Å². The van der Waals surface area contributed by atoms with Crippen LogP contribution in [-0.2, 0) is 16.2 Å². The SMILES string of the molecule is c1ccc(-c2ccccc2N(c2ccc3c(c2)C2(CCC4(CC2)c2ccccc2-c2ccccc24)c2ccccc2-3)c2ccc3c(c2)C(c2ccccc2)(c2ccccc2)c2ccccc2-3)cc1. The highest BCUT2D eigenvalue weighted by Gasteiger charge is 2.53. The molecule has 4 aliphatic carbocycles. The maximum atomic E-state index is 2.59. The molecule has 0 aromatic heterocycles. The van der Waals surface area contributed by atoms with Crippen molar-refractivity contribution in [1.29, 1.82) is 0 Å². The maximum absolute atomic E-state index is 2.59. The fraction of sp³-hybridized carbons (Fsp3) is 0.104. The van der Waals surface area contributed by atoms with Crippen molar-refractivity contribution in [1.82, 2.24) is 0 Å². The molecule has 10 aromatic rings. The van der Waals surface area contributed by atoms with Gasteiger partial charge in [0.2, 0.25) is 0 Å². The van der Waals surface area contributed by atoms with E-state index in [1.165, 1.54) is 94.7 Å². The van der Waals surface area contributed by atoms with Gasteiger partial charge in [-0.25, -0.2) is 0 Å². The third kappa shape index (κ3) is 5.39. The largest absolute Gasteiger partial charge is 0.310 e. The highest BCUT2D eigenvalue weighted by molar-refractivity contribution is 5.94. The van der Waals surface area contributed by atoms with E-state index in [-0.39, 0.29) is 10.8 Å². The van der Waals surface area contributed by atoms with Crippen LogP contribution in [0.15, 0.2) is 249 Å². The van der Waals surface area contributed by atoms with Crippen molar-refractivity contribution < 1.29 is 0 Å². The molecule has 14 rings (SSSR count). The zero-order chi connectivity index (χ0) is 44.9. The molecule has 1 heteroatoms. The summed E-state index contributed by atoms with van der Waals surface area (Å²) >= 11 is 0. The molecular formula is C67H49N. The Hall–Kier alpha value is -8.00. The summed E-state index contributed by atoms with van der Waals surface area (Å²) < 4.78 is 0. The molecule has 1 nitrogen and oxygen atoms in total. The average molecular weight is 868 g/mol. The third-order valence-electron chi connectivity index (χ3n) is 16.6. The third-order valence-corrected chi connectivity index (χ3v) is 16.6. The van der Waals surface area contributed by atoms with E-state index in [0.717, 1.165) is 37.1 Å². The first kappa shape index (κ1) is 39.2. The standard InChI is InChI=1S/C67H49N/c1-4-20-46(21-5-1)51-26-14-19-35-64(51)68(50-37-39-57-55-30-13-18-34-61(55)67(63(57)45-50,47-22-6-2-7-23-47)48-24-8-3-9-25-48)49-36-38-56-54-29-12-17-33-60(54)66(62(56)44-49)42-40-65(41-43-66)58-31-15-10-27-52(58)53-28-11-16-32-59(53)65/h1-39,44-45H,40-43H2. The Morgan fingerprint density at radius 3 is 1.13 bits per heavy atom. The molecule has 68 heavy (non-hydrogen) atoms. The summed E-state index contributed by atoms with van der Waals surface area (Å²) in [5.74, 6) is 0. The molecule has 0 saturated heterocycles. The average Bonchev–Trinajstić information content (AvgIpc) is 3.97. The maximum Gasteiger partial charge on any atom is 0.0714 e. The summed E-state index contributed by atoms with van der Waals surface area (Å²) in [4.78, 5) is 2.57. The predicted octanol–water partition coefficient (Wildman–Crippen LogP) is 17.0. The van der Waals surface area contributed by atoms with E-state index in [9.17, 15) is 0 Å². The van der Waals surface area contributed by atoms with Crippen molar-refractivity contribution in [2.24, 2.45) is 0 Å². The number of rotatable bonds is 6. The van der Waals surface area contributed by atoms with Gasteiger partial charge in [0.05, 0.1) is 11.1 Å². The lowest BCUT2D eigenvalue weighted by Crippen LogP contribution is -2.39. The molecular weight excluding hydrogens is 819 g/mol. The van der Waals surface area contributed by atoms with Crippen molar-refractivity contribution in [3.05, 3.63) is 293 Å². The number of para-hydroxylation sites is 1. The summed E-state index contributed by atoms with van der Waals surface area (Å²) in [6.45, 7) is 0. The molecule has 0 bridgehead atoms. The van der Waals surface area contributed by atoms with Crippen LogP contribution in [0, 0.1) is 0 Å². The van der Waals surface area contributed by atoms with E-state index >= 15 is 0 Å². The van der Waals surface area contributed by atoms with Crippen molar-refractivity contribution in [2.75, 3.05) is 4.90 Å². The quantitative estimate of drug-likeness (QED) is 0.161. The van der Waals surface area contributed by atoms with Gasteiger partial charge in [-0.15, -0.1) is 0 Å². The second-order valence-corrected chi connectivity index (χ2v) is 19.5. The molecule has 1 fully saturated rings. The first-order valence-electron chi connectivity index (χ1n) is 24.4. The topological polar surface area (TPSA) is 3.24 Å². The highest BCUT2D eigenvalue weighted by Crippen LogP contribution is 2.64. The summed E-state index contributed by atoms with van der Waals surface area (Å²) in [5, 5.41) is 0. The van der Waals surface area contributed by atoms with Gasteiger partial charge in [0.15, 0.2) is 0 Å². The Morgan fingerprint density at radius 2 is 0.618 bits per heavy atom. The van der Waals surface area contributed by atoms with Crippen LogP contribution in [0.3, 0.4) is 0 Å². The smallest absolute Gasteiger partial charge is 0.0714 e. The van der Waals surface area contributed by atoms with Crippen LogP contribution in [0.5, 0.6) is 0 Å². The van der Waals surface area contributed by atoms with Gasteiger partial charge in [-0.05, 0) is 139 Å².